The fourth-order valence-corrected chi connectivity index (χ4v) is 7.25. The van der Waals surface area contributed by atoms with Crippen molar-refractivity contribution in [3.05, 3.63) is 121 Å². The zero-order valence-corrected chi connectivity index (χ0v) is 31.9. The number of aromatic amines is 2. The first kappa shape index (κ1) is 37.6. The van der Waals surface area contributed by atoms with Gasteiger partial charge in [0.1, 0.15) is 17.7 Å². The Morgan fingerprint density at radius 1 is 0.786 bits per heavy atom. The molecule has 7 aromatic rings. The highest BCUT2D eigenvalue weighted by Crippen LogP contribution is 2.33. The fraction of sp³-hybridized carbons (Fsp3) is 0.250. The van der Waals surface area contributed by atoms with Crippen LogP contribution in [-0.2, 0) is 32.2 Å². The Morgan fingerprint density at radius 2 is 1.34 bits per heavy atom. The van der Waals surface area contributed by atoms with Gasteiger partial charge in [-0.2, -0.15) is 0 Å². The number of nitrogens with one attached hydrogen (secondary N) is 4. The van der Waals surface area contributed by atoms with Crippen LogP contribution < -0.4 is 10.6 Å². The normalized spacial score (nSPS) is 11.8. The molecule has 1 atom stereocenters. The molecular weight excluding hydrogens is 705 g/mol. The molecule has 0 aliphatic heterocycles. The van der Waals surface area contributed by atoms with Crippen LogP contribution in [0.2, 0.25) is 0 Å². The molecule has 3 amide bonds. The van der Waals surface area contributed by atoms with Crippen molar-refractivity contribution in [3.63, 3.8) is 0 Å². The topological polar surface area (TPSA) is 148 Å². The molecule has 7 rings (SSSR count). The Bertz CT molecular complexity index is 2540. The molecule has 2 aromatic heterocycles. The van der Waals surface area contributed by atoms with Gasteiger partial charge in [0.05, 0.1) is 48.8 Å². The number of benzene rings is 5. The third-order valence-electron chi connectivity index (χ3n) is 9.97. The molecule has 0 spiro atoms. The smallest absolute Gasteiger partial charge is 0.250 e. The molecule has 12 nitrogen and oxygen atoms in total. The minimum absolute atomic E-state index is 0.0426. The third kappa shape index (κ3) is 7.90. The van der Waals surface area contributed by atoms with Crippen molar-refractivity contribution >= 4 is 61.8 Å². The zero-order valence-electron chi connectivity index (χ0n) is 31.9. The first-order valence-electron chi connectivity index (χ1n) is 18.9. The summed E-state index contributed by atoms with van der Waals surface area (Å²) in [6.07, 6.45) is 2.12. The Balaban J connectivity index is 1.13. The number of carbonyl (C=O) groups excluding carboxylic acids is 3. The van der Waals surface area contributed by atoms with Crippen LogP contribution in [0.4, 0.5) is 0 Å². The number of nitrogens with zero attached hydrogens (tertiary/aromatic N) is 4. The number of fused-ring (bicyclic) bond motifs is 6. The number of carbonyl (C=O) groups is 3. The van der Waals surface area contributed by atoms with E-state index in [-0.39, 0.29) is 18.4 Å². The molecule has 0 bridgehead atoms. The summed E-state index contributed by atoms with van der Waals surface area (Å²) in [6.45, 7) is 9.70. The quantitative estimate of drug-likeness (QED) is 0.0574. The van der Waals surface area contributed by atoms with E-state index in [9.17, 15) is 14.4 Å². The van der Waals surface area contributed by atoms with Crippen LogP contribution in [0, 0.1) is 0 Å². The van der Waals surface area contributed by atoms with Crippen LogP contribution in [0.15, 0.2) is 103 Å². The number of amides is 3. The number of imidazole rings is 2. The van der Waals surface area contributed by atoms with Gasteiger partial charge in [0.25, 0.3) is 0 Å². The van der Waals surface area contributed by atoms with Crippen LogP contribution in [0.3, 0.4) is 0 Å². The molecule has 0 aliphatic carbocycles. The van der Waals surface area contributed by atoms with Crippen molar-refractivity contribution in [2.45, 2.75) is 45.8 Å². The predicted octanol–water partition coefficient (Wildman–Crippen LogP) is 7.08. The van der Waals surface area contributed by atoms with E-state index in [1.807, 2.05) is 54.3 Å². The van der Waals surface area contributed by atoms with Crippen LogP contribution in [0.1, 0.15) is 49.9 Å². The SMILES string of the molecule is C=C(N[C@@H](C(=O)N(CCC)Cc1nc2c(ccc3cc(-c4ccc5c(ccc6[nH]c(CN(CCC)C(=O)CNC=O)nc65)c4)ccc32)[nH]1)c1ccccc1)OC. The molecule has 0 aliphatic rings. The Labute approximate surface area is 324 Å². The average molecular weight is 751 g/mol. The van der Waals surface area contributed by atoms with E-state index in [0.717, 1.165) is 73.1 Å². The average Bonchev–Trinajstić information content (AvgIpc) is 3.85. The van der Waals surface area contributed by atoms with Crippen LogP contribution in [-0.4, -0.2) is 74.7 Å². The minimum atomic E-state index is -0.659. The maximum Gasteiger partial charge on any atom is 0.250 e. The predicted molar refractivity (Wildman–Crippen MR) is 220 cm³/mol. The van der Waals surface area contributed by atoms with Gasteiger partial charge in [0.2, 0.25) is 18.2 Å². The number of methoxy groups -OCH3 is 1. The lowest BCUT2D eigenvalue weighted by Gasteiger charge is -2.28. The van der Waals surface area contributed by atoms with E-state index < -0.39 is 6.04 Å². The second kappa shape index (κ2) is 16.8. The highest BCUT2D eigenvalue weighted by Gasteiger charge is 2.27. The summed E-state index contributed by atoms with van der Waals surface area (Å²) in [4.78, 5) is 57.7. The molecule has 0 saturated heterocycles. The van der Waals surface area contributed by atoms with Gasteiger partial charge in [0.15, 0.2) is 5.88 Å². The second-order valence-electron chi connectivity index (χ2n) is 13.9. The van der Waals surface area contributed by atoms with Crippen molar-refractivity contribution in [1.82, 2.24) is 40.4 Å². The first-order chi connectivity index (χ1) is 27.3. The summed E-state index contributed by atoms with van der Waals surface area (Å²) in [6, 6.07) is 30.0. The van der Waals surface area contributed by atoms with Crippen molar-refractivity contribution < 1.29 is 19.1 Å². The van der Waals surface area contributed by atoms with Crippen LogP contribution in [0.25, 0.3) is 54.7 Å². The Hall–Kier alpha value is -6.69. The standard InChI is InChI=1S/C44H46N8O4/c1-5-20-51(40(54)24-45-27-53)25-38-47-36-18-14-32-22-30(12-16-34(32)42(36)49-38)31-13-17-35-33(23-31)15-19-37-43(35)50-39(48-37)26-52(21-6-2)44(55)41(46-28(3)56-4)29-10-8-7-9-11-29/h7-19,22-23,27,41,46H,3,5-6,20-21,24-26H2,1-2,4H3,(H,45,53)(H,47,49)(H,48,50)/t41-/m1/s1. The van der Waals surface area contributed by atoms with Gasteiger partial charge >= 0.3 is 0 Å². The summed E-state index contributed by atoms with van der Waals surface area (Å²) in [7, 11) is 1.53. The largest absolute Gasteiger partial charge is 0.483 e. The van der Waals surface area contributed by atoms with E-state index in [0.29, 0.717) is 50.1 Å². The van der Waals surface area contributed by atoms with Gasteiger partial charge in [-0.1, -0.05) is 80.6 Å². The maximum atomic E-state index is 14.0. The number of ether oxygens (including phenoxy) is 1. The molecule has 0 fully saturated rings. The van der Waals surface area contributed by atoms with Crippen LogP contribution >= 0.6 is 0 Å². The molecule has 0 saturated carbocycles. The van der Waals surface area contributed by atoms with Crippen molar-refractivity contribution in [2.75, 3.05) is 26.7 Å². The lowest BCUT2D eigenvalue weighted by atomic mass is 9.98. The van der Waals surface area contributed by atoms with Crippen LogP contribution in [0.5, 0.6) is 0 Å². The highest BCUT2D eigenvalue weighted by atomic mass is 16.5. The van der Waals surface area contributed by atoms with E-state index in [2.05, 4.69) is 82.6 Å². The number of hydrogen-bond donors (Lipinski definition) is 4. The Morgan fingerprint density at radius 3 is 1.88 bits per heavy atom. The molecule has 0 unspecified atom stereocenters. The molecule has 286 valence electrons. The summed E-state index contributed by atoms with van der Waals surface area (Å²) in [5.74, 6) is 1.47. The second-order valence-corrected chi connectivity index (χ2v) is 13.9. The van der Waals surface area contributed by atoms with Crippen molar-refractivity contribution in [3.8, 4) is 11.1 Å². The summed E-state index contributed by atoms with van der Waals surface area (Å²) in [5, 5.41) is 9.76. The minimum Gasteiger partial charge on any atom is -0.483 e. The van der Waals surface area contributed by atoms with E-state index in [4.69, 9.17) is 14.7 Å². The molecule has 2 heterocycles. The van der Waals surface area contributed by atoms with Gasteiger partial charge in [-0.05, 0) is 71.1 Å². The lowest BCUT2D eigenvalue weighted by Crippen LogP contribution is -2.41. The molecule has 12 heteroatoms. The maximum absolute atomic E-state index is 14.0. The molecular formula is C44H46N8O4. The zero-order chi connectivity index (χ0) is 39.2. The van der Waals surface area contributed by atoms with Gasteiger partial charge in [0, 0.05) is 23.9 Å². The van der Waals surface area contributed by atoms with Gasteiger partial charge < -0.3 is 35.1 Å². The monoisotopic (exact) mass is 750 g/mol. The molecule has 0 radical (unpaired) electrons. The van der Waals surface area contributed by atoms with E-state index in [1.165, 1.54) is 7.11 Å². The Kier molecular flexibility index (Phi) is 11.3. The van der Waals surface area contributed by atoms with Gasteiger partial charge in [-0.25, -0.2) is 9.97 Å². The fourth-order valence-electron chi connectivity index (χ4n) is 7.25. The first-order valence-corrected chi connectivity index (χ1v) is 18.9. The summed E-state index contributed by atoms with van der Waals surface area (Å²) < 4.78 is 5.28. The molecule has 56 heavy (non-hydrogen) atoms. The van der Waals surface area contributed by atoms with Crippen molar-refractivity contribution in [2.24, 2.45) is 0 Å². The summed E-state index contributed by atoms with van der Waals surface area (Å²) in [5.41, 5.74) is 6.48. The van der Waals surface area contributed by atoms with Gasteiger partial charge in [-0.3, -0.25) is 14.4 Å². The third-order valence-corrected chi connectivity index (χ3v) is 9.97. The number of hydrogen-bond acceptors (Lipinski definition) is 7. The number of H-pyrrole nitrogens is 2. The van der Waals surface area contributed by atoms with E-state index in [1.54, 1.807) is 4.90 Å². The van der Waals surface area contributed by atoms with Crippen molar-refractivity contribution in [1.29, 1.82) is 0 Å². The number of aromatic nitrogens is 4. The highest BCUT2D eigenvalue weighted by molar-refractivity contribution is 6.07. The summed E-state index contributed by atoms with van der Waals surface area (Å²) >= 11 is 0. The molecule has 4 N–H and O–H groups in total. The van der Waals surface area contributed by atoms with E-state index >= 15 is 0 Å². The number of rotatable bonds is 17. The lowest BCUT2D eigenvalue weighted by molar-refractivity contribution is -0.134. The van der Waals surface area contributed by atoms with Gasteiger partial charge in [-0.15, -0.1) is 0 Å². The molecule has 5 aromatic carbocycles.